The first-order chi connectivity index (χ1) is 9.22. The molecule has 0 spiro atoms. The SMILES string of the molecule is CNCc1cccc(Br)c1OCCN1CCNC1=O. The van der Waals surface area contributed by atoms with Gasteiger partial charge in [-0.25, -0.2) is 4.79 Å². The van der Waals surface area contributed by atoms with Crippen molar-refractivity contribution in [1.29, 1.82) is 0 Å². The Hall–Kier alpha value is -1.27. The lowest BCUT2D eigenvalue weighted by atomic mass is 10.2. The molecule has 1 aromatic rings. The fourth-order valence-electron chi connectivity index (χ4n) is 2.03. The number of para-hydroxylation sites is 1. The molecule has 0 radical (unpaired) electrons. The standard InChI is InChI=1S/C13H18BrN3O2/c1-15-9-10-3-2-4-11(14)12(10)19-8-7-17-6-5-16-13(17)18/h2-4,15H,5-9H2,1H3,(H,16,18). The highest BCUT2D eigenvalue weighted by Crippen LogP contribution is 2.29. The van der Waals surface area contributed by atoms with E-state index in [1.807, 2.05) is 25.2 Å². The summed E-state index contributed by atoms with van der Waals surface area (Å²) >= 11 is 3.50. The van der Waals surface area contributed by atoms with E-state index in [2.05, 4.69) is 26.6 Å². The maximum absolute atomic E-state index is 11.4. The maximum Gasteiger partial charge on any atom is 0.317 e. The third kappa shape index (κ3) is 3.61. The van der Waals surface area contributed by atoms with E-state index in [0.29, 0.717) is 13.2 Å². The lowest BCUT2D eigenvalue weighted by Crippen LogP contribution is -2.32. The first kappa shape index (κ1) is 14.1. The summed E-state index contributed by atoms with van der Waals surface area (Å²) in [7, 11) is 1.90. The van der Waals surface area contributed by atoms with Crippen LogP contribution in [0, 0.1) is 0 Å². The molecule has 0 bridgehead atoms. The second-order valence-electron chi connectivity index (χ2n) is 4.33. The zero-order valence-corrected chi connectivity index (χ0v) is 12.5. The molecule has 104 valence electrons. The van der Waals surface area contributed by atoms with E-state index >= 15 is 0 Å². The van der Waals surface area contributed by atoms with E-state index < -0.39 is 0 Å². The molecule has 1 aliphatic heterocycles. The third-order valence-corrected chi connectivity index (χ3v) is 3.59. The second-order valence-corrected chi connectivity index (χ2v) is 5.18. The van der Waals surface area contributed by atoms with Gasteiger partial charge in [-0.1, -0.05) is 12.1 Å². The second kappa shape index (κ2) is 6.77. The van der Waals surface area contributed by atoms with Gasteiger partial charge in [0.1, 0.15) is 12.4 Å². The van der Waals surface area contributed by atoms with Gasteiger partial charge in [0, 0.05) is 25.2 Å². The van der Waals surface area contributed by atoms with Crippen LogP contribution < -0.4 is 15.4 Å². The fourth-order valence-corrected chi connectivity index (χ4v) is 2.55. The van der Waals surface area contributed by atoms with E-state index in [1.54, 1.807) is 4.90 Å². The zero-order chi connectivity index (χ0) is 13.7. The van der Waals surface area contributed by atoms with Crippen molar-refractivity contribution in [1.82, 2.24) is 15.5 Å². The van der Waals surface area contributed by atoms with E-state index in [-0.39, 0.29) is 6.03 Å². The number of hydrogen-bond acceptors (Lipinski definition) is 3. The Morgan fingerprint density at radius 2 is 2.37 bits per heavy atom. The molecule has 6 heteroatoms. The molecule has 1 saturated heterocycles. The summed E-state index contributed by atoms with van der Waals surface area (Å²) in [6.45, 7) is 3.32. The van der Waals surface area contributed by atoms with Crippen molar-refractivity contribution in [2.24, 2.45) is 0 Å². The van der Waals surface area contributed by atoms with Gasteiger partial charge in [-0.2, -0.15) is 0 Å². The highest BCUT2D eigenvalue weighted by atomic mass is 79.9. The molecule has 19 heavy (non-hydrogen) atoms. The average molecular weight is 328 g/mol. The van der Waals surface area contributed by atoms with Crippen molar-refractivity contribution in [2.75, 3.05) is 33.3 Å². The monoisotopic (exact) mass is 327 g/mol. The van der Waals surface area contributed by atoms with Gasteiger partial charge in [-0.05, 0) is 29.0 Å². The van der Waals surface area contributed by atoms with Gasteiger partial charge in [-0.3, -0.25) is 0 Å². The van der Waals surface area contributed by atoms with Crippen molar-refractivity contribution in [3.8, 4) is 5.75 Å². The zero-order valence-electron chi connectivity index (χ0n) is 10.9. The van der Waals surface area contributed by atoms with E-state index in [4.69, 9.17) is 4.74 Å². The molecule has 2 rings (SSSR count). The van der Waals surface area contributed by atoms with Gasteiger partial charge in [0.05, 0.1) is 11.0 Å². The van der Waals surface area contributed by atoms with E-state index in [9.17, 15) is 4.79 Å². The van der Waals surface area contributed by atoms with Crippen LogP contribution in [0.3, 0.4) is 0 Å². The molecule has 2 N–H and O–H groups in total. The molecule has 1 aliphatic rings. The molecule has 0 atom stereocenters. The molecule has 0 aromatic heterocycles. The summed E-state index contributed by atoms with van der Waals surface area (Å²) in [6.07, 6.45) is 0. The molecule has 1 aromatic carbocycles. The molecular formula is C13H18BrN3O2. The van der Waals surface area contributed by atoms with Gasteiger partial charge in [0.15, 0.2) is 0 Å². The molecule has 0 unspecified atom stereocenters. The van der Waals surface area contributed by atoms with Crippen molar-refractivity contribution < 1.29 is 9.53 Å². The number of amides is 2. The van der Waals surface area contributed by atoms with Crippen LogP contribution in [-0.4, -0.2) is 44.2 Å². The highest BCUT2D eigenvalue weighted by Gasteiger charge is 2.19. The summed E-state index contributed by atoms with van der Waals surface area (Å²) in [6, 6.07) is 5.96. The Morgan fingerprint density at radius 3 is 3.05 bits per heavy atom. The van der Waals surface area contributed by atoms with E-state index in [1.165, 1.54) is 0 Å². The smallest absolute Gasteiger partial charge is 0.317 e. The normalized spacial score (nSPS) is 14.6. The molecule has 1 heterocycles. The Kier molecular flexibility index (Phi) is 5.04. The molecular weight excluding hydrogens is 310 g/mol. The summed E-state index contributed by atoms with van der Waals surface area (Å²) in [5.41, 5.74) is 1.10. The Bertz CT molecular complexity index is 454. The number of carbonyl (C=O) groups is 1. The van der Waals surface area contributed by atoms with Crippen molar-refractivity contribution in [3.05, 3.63) is 28.2 Å². The Morgan fingerprint density at radius 1 is 1.53 bits per heavy atom. The van der Waals surface area contributed by atoms with Crippen LogP contribution in [0.2, 0.25) is 0 Å². The van der Waals surface area contributed by atoms with Crippen LogP contribution in [0.25, 0.3) is 0 Å². The van der Waals surface area contributed by atoms with Gasteiger partial charge in [0.2, 0.25) is 0 Å². The predicted molar refractivity (Wildman–Crippen MR) is 77.4 cm³/mol. The molecule has 0 aliphatic carbocycles. The summed E-state index contributed by atoms with van der Waals surface area (Å²) < 4.78 is 6.76. The number of halogens is 1. The third-order valence-electron chi connectivity index (χ3n) is 2.97. The first-order valence-corrected chi connectivity index (χ1v) is 7.09. The number of nitrogens with zero attached hydrogens (tertiary/aromatic N) is 1. The van der Waals surface area contributed by atoms with Crippen LogP contribution in [0.1, 0.15) is 5.56 Å². The lowest BCUT2D eigenvalue weighted by molar-refractivity contribution is 0.202. The molecule has 2 amide bonds. The van der Waals surface area contributed by atoms with Gasteiger partial charge >= 0.3 is 6.03 Å². The van der Waals surface area contributed by atoms with Gasteiger partial charge in [0.25, 0.3) is 0 Å². The largest absolute Gasteiger partial charge is 0.490 e. The lowest BCUT2D eigenvalue weighted by Gasteiger charge is -2.17. The van der Waals surface area contributed by atoms with Crippen LogP contribution >= 0.6 is 15.9 Å². The average Bonchev–Trinajstić information content (AvgIpc) is 2.79. The Labute approximate surface area is 121 Å². The molecule has 0 saturated carbocycles. The number of carbonyl (C=O) groups excluding carboxylic acids is 1. The van der Waals surface area contributed by atoms with Crippen LogP contribution in [-0.2, 0) is 6.54 Å². The summed E-state index contributed by atoms with van der Waals surface area (Å²) in [5.74, 6) is 0.844. The van der Waals surface area contributed by atoms with Crippen molar-refractivity contribution in [2.45, 2.75) is 6.54 Å². The molecule has 5 nitrogen and oxygen atoms in total. The fraction of sp³-hybridized carbons (Fsp3) is 0.462. The number of ether oxygens (including phenoxy) is 1. The van der Waals surface area contributed by atoms with Crippen molar-refractivity contribution in [3.63, 3.8) is 0 Å². The van der Waals surface area contributed by atoms with Gasteiger partial charge < -0.3 is 20.3 Å². The van der Waals surface area contributed by atoms with Crippen LogP contribution in [0.4, 0.5) is 4.79 Å². The number of hydrogen-bond donors (Lipinski definition) is 2. The number of nitrogens with one attached hydrogen (secondary N) is 2. The molecule has 1 fully saturated rings. The maximum atomic E-state index is 11.4. The minimum Gasteiger partial charge on any atom is -0.490 e. The Balaban J connectivity index is 1.93. The van der Waals surface area contributed by atoms with Gasteiger partial charge in [-0.15, -0.1) is 0 Å². The van der Waals surface area contributed by atoms with Crippen LogP contribution in [0.5, 0.6) is 5.75 Å². The number of rotatable bonds is 6. The number of benzene rings is 1. The highest BCUT2D eigenvalue weighted by molar-refractivity contribution is 9.10. The first-order valence-electron chi connectivity index (χ1n) is 6.30. The summed E-state index contributed by atoms with van der Waals surface area (Å²) in [4.78, 5) is 13.2. The van der Waals surface area contributed by atoms with E-state index in [0.717, 1.165) is 35.4 Å². The number of urea groups is 1. The predicted octanol–water partition coefficient (Wildman–Crippen LogP) is 1.57. The minimum atomic E-state index is -0.00817. The van der Waals surface area contributed by atoms with Crippen LogP contribution in [0.15, 0.2) is 22.7 Å². The minimum absolute atomic E-state index is 0.00817. The summed E-state index contributed by atoms with van der Waals surface area (Å²) in [5, 5.41) is 5.89. The topological polar surface area (TPSA) is 53.6 Å². The quantitative estimate of drug-likeness (QED) is 0.834. The van der Waals surface area contributed by atoms with Crippen molar-refractivity contribution >= 4 is 22.0 Å².